The van der Waals surface area contributed by atoms with Gasteiger partial charge in [-0.05, 0) is 36.8 Å². The summed E-state index contributed by atoms with van der Waals surface area (Å²) >= 11 is 0. The molecule has 1 N–H and O–H groups in total. The fourth-order valence-corrected chi connectivity index (χ4v) is 5.01. The van der Waals surface area contributed by atoms with Crippen LogP contribution in [-0.4, -0.2) is 37.0 Å². The van der Waals surface area contributed by atoms with Crippen LogP contribution in [-0.2, 0) is 10.0 Å². The summed E-state index contributed by atoms with van der Waals surface area (Å²) < 4.78 is 53.3. The van der Waals surface area contributed by atoms with Gasteiger partial charge in [0.15, 0.2) is 11.6 Å². The third-order valence-electron chi connectivity index (χ3n) is 4.53. The number of nitrogens with zero attached hydrogens (tertiary/aromatic N) is 1. The monoisotopic (exact) mass is 317 g/mol. The van der Waals surface area contributed by atoms with Gasteiger partial charge in [0.1, 0.15) is 4.90 Å². The first kappa shape index (κ1) is 14.9. The molecule has 1 saturated carbocycles. The van der Waals surface area contributed by atoms with Gasteiger partial charge in [0.05, 0.1) is 6.10 Å². The maximum absolute atomic E-state index is 13.8. The number of hydrogen-bond acceptors (Lipinski definition) is 3. The Morgan fingerprint density at radius 2 is 1.76 bits per heavy atom. The molecular weight excluding hydrogens is 300 g/mol. The third kappa shape index (κ3) is 2.47. The summed E-state index contributed by atoms with van der Waals surface area (Å²) in [6, 6.07) is 3.16. The average Bonchev–Trinajstić information content (AvgIpc) is 2.41. The van der Waals surface area contributed by atoms with Crippen LogP contribution in [0.5, 0.6) is 0 Å². The Balaban J connectivity index is 1.94. The minimum Gasteiger partial charge on any atom is -0.392 e. The summed E-state index contributed by atoms with van der Waals surface area (Å²) in [6.07, 6.45) is 1.99. The fraction of sp³-hybridized carbons (Fsp3) is 0.571. The fourth-order valence-electron chi connectivity index (χ4n) is 3.38. The zero-order valence-corrected chi connectivity index (χ0v) is 12.2. The van der Waals surface area contributed by atoms with Gasteiger partial charge in [-0.2, -0.15) is 4.31 Å². The summed E-state index contributed by atoms with van der Waals surface area (Å²) in [6.45, 7) is 0.325. The summed E-state index contributed by atoms with van der Waals surface area (Å²) in [5.74, 6) is -2.75. The first-order chi connectivity index (χ1) is 9.91. The highest BCUT2D eigenvalue weighted by atomic mass is 32.2. The highest BCUT2D eigenvalue weighted by Crippen LogP contribution is 2.37. The van der Waals surface area contributed by atoms with Crippen molar-refractivity contribution in [2.75, 3.05) is 13.1 Å². The van der Waals surface area contributed by atoms with E-state index in [-0.39, 0.29) is 24.9 Å². The molecule has 1 aromatic rings. The third-order valence-corrected chi connectivity index (χ3v) is 6.38. The van der Waals surface area contributed by atoms with Crippen LogP contribution in [0.2, 0.25) is 0 Å². The van der Waals surface area contributed by atoms with E-state index in [1.54, 1.807) is 0 Å². The maximum atomic E-state index is 13.8. The Kier molecular flexibility index (Phi) is 3.75. The van der Waals surface area contributed by atoms with Crippen LogP contribution in [0.3, 0.4) is 0 Å². The molecule has 0 radical (unpaired) electrons. The second-order valence-electron chi connectivity index (χ2n) is 5.82. The van der Waals surface area contributed by atoms with Crippen molar-refractivity contribution < 1.29 is 22.3 Å². The van der Waals surface area contributed by atoms with Crippen molar-refractivity contribution >= 4 is 10.0 Å². The second kappa shape index (κ2) is 5.30. The smallest absolute Gasteiger partial charge is 0.246 e. The predicted molar refractivity (Wildman–Crippen MR) is 72.0 cm³/mol. The molecule has 4 nitrogen and oxygen atoms in total. The van der Waals surface area contributed by atoms with Crippen molar-refractivity contribution in [1.29, 1.82) is 0 Å². The Bertz CT molecular complexity index is 636. The van der Waals surface area contributed by atoms with Gasteiger partial charge in [-0.25, -0.2) is 17.2 Å². The van der Waals surface area contributed by atoms with E-state index in [4.69, 9.17) is 0 Å². The van der Waals surface area contributed by atoms with Gasteiger partial charge in [0, 0.05) is 13.1 Å². The number of hydrogen-bond donors (Lipinski definition) is 1. The van der Waals surface area contributed by atoms with Gasteiger partial charge in [0.25, 0.3) is 0 Å². The largest absolute Gasteiger partial charge is 0.392 e. The van der Waals surface area contributed by atoms with Crippen molar-refractivity contribution in [2.45, 2.75) is 30.3 Å². The van der Waals surface area contributed by atoms with E-state index in [0.717, 1.165) is 31.4 Å². The molecule has 1 heterocycles. The van der Waals surface area contributed by atoms with E-state index in [0.29, 0.717) is 0 Å². The summed E-state index contributed by atoms with van der Waals surface area (Å²) in [5, 5.41) is 10.1. The molecule has 21 heavy (non-hydrogen) atoms. The number of benzene rings is 1. The van der Waals surface area contributed by atoms with Gasteiger partial charge in [-0.3, -0.25) is 0 Å². The zero-order valence-electron chi connectivity index (χ0n) is 11.4. The van der Waals surface area contributed by atoms with Crippen LogP contribution in [0.25, 0.3) is 0 Å². The second-order valence-corrected chi connectivity index (χ2v) is 7.72. The molecule has 1 aliphatic carbocycles. The number of halogens is 2. The van der Waals surface area contributed by atoms with E-state index < -0.39 is 32.7 Å². The van der Waals surface area contributed by atoms with Gasteiger partial charge in [-0.1, -0.05) is 12.5 Å². The van der Waals surface area contributed by atoms with Crippen LogP contribution >= 0.6 is 0 Å². The number of fused-ring (bicyclic) bond motifs is 2. The number of rotatable bonds is 2. The Morgan fingerprint density at radius 1 is 1.14 bits per heavy atom. The molecule has 1 saturated heterocycles. The van der Waals surface area contributed by atoms with Gasteiger partial charge < -0.3 is 5.11 Å². The van der Waals surface area contributed by atoms with Crippen LogP contribution in [0, 0.1) is 23.5 Å². The quantitative estimate of drug-likeness (QED) is 0.904. The maximum Gasteiger partial charge on any atom is 0.246 e. The molecular formula is C14H17F2NO3S. The van der Waals surface area contributed by atoms with E-state index in [1.165, 1.54) is 10.4 Å². The highest BCUT2D eigenvalue weighted by molar-refractivity contribution is 7.89. The summed E-state index contributed by atoms with van der Waals surface area (Å²) in [7, 11) is -4.07. The van der Waals surface area contributed by atoms with Crippen molar-refractivity contribution in [3.63, 3.8) is 0 Å². The van der Waals surface area contributed by atoms with E-state index in [1.807, 2.05) is 0 Å². The molecule has 116 valence electrons. The van der Waals surface area contributed by atoms with Crippen LogP contribution in [0.15, 0.2) is 23.1 Å². The molecule has 2 bridgehead atoms. The molecule has 2 unspecified atom stereocenters. The minimum atomic E-state index is -4.07. The molecule has 1 aromatic carbocycles. The number of aliphatic hydroxyl groups is 1. The van der Waals surface area contributed by atoms with Gasteiger partial charge in [-0.15, -0.1) is 0 Å². The Labute approximate surface area is 122 Å². The zero-order chi connectivity index (χ0) is 15.2. The first-order valence-corrected chi connectivity index (χ1v) is 8.47. The molecule has 1 aliphatic heterocycles. The molecule has 2 atom stereocenters. The van der Waals surface area contributed by atoms with E-state index in [9.17, 15) is 22.3 Å². The Hall–Kier alpha value is -1.05. The topological polar surface area (TPSA) is 57.6 Å². The van der Waals surface area contributed by atoms with E-state index in [2.05, 4.69) is 0 Å². The number of sulfonamides is 1. The predicted octanol–water partition coefficient (Wildman–Crippen LogP) is 1.75. The first-order valence-electron chi connectivity index (χ1n) is 7.03. The average molecular weight is 317 g/mol. The van der Waals surface area contributed by atoms with Crippen molar-refractivity contribution in [3.05, 3.63) is 29.8 Å². The van der Waals surface area contributed by atoms with Crippen molar-refractivity contribution in [3.8, 4) is 0 Å². The highest BCUT2D eigenvalue weighted by Gasteiger charge is 2.43. The van der Waals surface area contributed by atoms with E-state index >= 15 is 0 Å². The van der Waals surface area contributed by atoms with Crippen LogP contribution in [0.4, 0.5) is 8.78 Å². The number of piperidine rings is 1. The molecule has 7 heteroatoms. The lowest BCUT2D eigenvalue weighted by Gasteiger charge is -2.44. The van der Waals surface area contributed by atoms with Gasteiger partial charge in [0.2, 0.25) is 10.0 Å². The van der Waals surface area contributed by atoms with Crippen molar-refractivity contribution in [1.82, 2.24) is 4.31 Å². The number of aliphatic hydroxyl groups excluding tert-OH is 1. The lowest BCUT2D eigenvalue weighted by molar-refractivity contribution is -0.0270. The molecule has 0 amide bonds. The van der Waals surface area contributed by atoms with Crippen LogP contribution in [0.1, 0.15) is 19.3 Å². The summed E-state index contributed by atoms with van der Waals surface area (Å²) in [4.78, 5) is -0.628. The molecule has 2 aliphatic rings. The molecule has 2 fully saturated rings. The lowest BCUT2D eigenvalue weighted by Crippen LogP contribution is -2.53. The molecule has 0 aromatic heterocycles. The standard InChI is InChI=1S/C14H17F2NO3S/c15-11-5-2-6-12(13(11)16)21(19,20)17-7-9-3-1-4-10(8-17)14(9)18/h2,5-6,9-10,14,18H,1,3-4,7-8H2. The summed E-state index contributed by atoms with van der Waals surface area (Å²) in [5.41, 5.74) is 0. The van der Waals surface area contributed by atoms with Crippen LogP contribution < -0.4 is 0 Å². The lowest BCUT2D eigenvalue weighted by atomic mass is 9.76. The van der Waals surface area contributed by atoms with Gasteiger partial charge >= 0.3 is 0 Å². The molecule has 0 spiro atoms. The minimum absolute atomic E-state index is 0.121. The van der Waals surface area contributed by atoms with Crippen molar-refractivity contribution in [2.24, 2.45) is 11.8 Å². The normalized spacial score (nSPS) is 30.3. The molecule has 3 rings (SSSR count). The Morgan fingerprint density at radius 3 is 2.38 bits per heavy atom. The SMILES string of the molecule is O=S(=O)(c1cccc(F)c1F)N1CC2CCCC(C1)C2O.